The molecule has 1 aromatic rings. The minimum Gasteiger partial charge on any atom is -0.435 e. The van der Waals surface area contributed by atoms with E-state index in [9.17, 15) is 19.5 Å². The Morgan fingerprint density at radius 1 is 1.30 bits per heavy atom. The molecular weight excluding hydrogens is 318 g/mol. The highest BCUT2D eigenvalue weighted by atomic mass is 35.5. The zero-order chi connectivity index (χ0) is 17.2. The number of Topliss-reactive ketones (excluding diaryl/α,β-unsaturated/α-hetero) is 1. The van der Waals surface area contributed by atoms with Crippen molar-refractivity contribution in [2.24, 2.45) is 5.92 Å². The van der Waals surface area contributed by atoms with Crippen molar-refractivity contribution in [3.05, 3.63) is 34.9 Å². The third-order valence-corrected chi connectivity index (χ3v) is 4.95. The number of carbonyl (C=O) groups is 3. The van der Waals surface area contributed by atoms with Crippen molar-refractivity contribution in [2.45, 2.75) is 39.2 Å². The SMILES string of the molecule is CC(CC(=O)c1ccc(Cl)cc1)C(=O)[N@+]1(C(=O)O)CCCC1C. The number of carboxylic acid groups (broad SMARTS) is 1. The third-order valence-electron chi connectivity index (χ3n) is 4.70. The van der Waals surface area contributed by atoms with Gasteiger partial charge in [-0.1, -0.05) is 11.6 Å². The molecule has 0 radical (unpaired) electrons. The summed E-state index contributed by atoms with van der Waals surface area (Å²) in [6.07, 6.45) is 0.290. The summed E-state index contributed by atoms with van der Waals surface area (Å²) in [4.78, 5) is 36.8. The van der Waals surface area contributed by atoms with Crippen LogP contribution in [0.2, 0.25) is 5.02 Å². The van der Waals surface area contributed by atoms with Crippen LogP contribution in [-0.2, 0) is 4.79 Å². The molecule has 0 aromatic heterocycles. The van der Waals surface area contributed by atoms with Gasteiger partial charge in [-0.3, -0.25) is 4.79 Å². The fourth-order valence-corrected chi connectivity index (χ4v) is 3.42. The van der Waals surface area contributed by atoms with E-state index in [4.69, 9.17) is 11.6 Å². The van der Waals surface area contributed by atoms with E-state index in [1.165, 1.54) is 0 Å². The number of nitrogens with zero attached hydrogens (tertiary/aromatic N) is 1. The number of carbonyl (C=O) groups excluding carboxylic acids is 2. The summed E-state index contributed by atoms with van der Waals surface area (Å²) < 4.78 is -0.560. The first kappa shape index (κ1) is 17.6. The van der Waals surface area contributed by atoms with Gasteiger partial charge in [0.2, 0.25) is 0 Å². The zero-order valence-electron chi connectivity index (χ0n) is 13.3. The molecule has 2 unspecified atom stereocenters. The molecule has 0 bridgehead atoms. The molecule has 3 atom stereocenters. The maximum absolute atomic E-state index is 12.8. The smallest absolute Gasteiger partial charge is 0.435 e. The van der Waals surface area contributed by atoms with Gasteiger partial charge >= 0.3 is 12.0 Å². The largest absolute Gasteiger partial charge is 0.521 e. The number of imide groups is 1. The molecule has 1 heterocycles. The molecule has 0 spiro atoms. The fraction of sp³-hybridized carbons (Fsp3) is 0.471. The van der Waals surface area contributed by atoms with Crippen LogP contribution in [0.15, 0.2) is 24.3 Å². The van der Waals surface area contributed by atoms with E-state index in [-0.39, 0.29) is 24.2 Å². The van der Waals surface area contributed by atoms with Gasteiger partial charge in [0.05, 0.1) is 12.5 Å². The summed E-state index contributed by atoms with van der Waals surface area (Å²) in [6, 6.07) is 6.21. The summed E-state index contributed by atoms with van der Waals surface area (Å²) in [7, 11) is 0. The number of rotatable bonds is 4. The van der Waals surface area contributed by atoms with Gasteiger partial charge in [-0.05, 0) is 38.1 Å². The second-order valence-corrected chi connectivity index (χ2v) is 6.68. The van der Waals surface area contributed by atoms with Crippen molar-refractivity contribution in [2.75, 3.05) is 6.54 Å². The van der Waals surface area contributed by atoms with Crippen molar-refractivity contribution < 1.29 is 24.0 Å². The molecule has 0 aliphatic carbocycles. The Bertz CT molecular complexity index is 628. The van der Waals surface area contributed by atoms with Crippen molar-refractivity contribution in [3.63, 3.8) is 0 Å². The van der Waals surface area contributed by atoms with Crippen LogP contribution in [0.4, 0.5) is 4.79 Å². The lowest BCUT2D eigenvalue weighted by molar-refractivity contribution is -0.794. The summed E-state index contributed by atoms with van der Waals surface area (Å²) >= 11 is 5.79. The van der Waals surface area contributed by atoms with E-state index < -0.39 is 16.5 Å². The summed E-state index contributed by atoms with van der Waals surface area (Å²) in [6.45, 7) is 3.71. The molecule has 1 fully saturated rings. The molecule has 2 amide bonds. The monoisotopic (exact) mass is 338 g/mol. The Morgan fingerprint density at radius 3 is 2.39 bits per heavy atom. The molecule has 6 heteroatoms. The topological polar surface area (TPSA) is 71.4 Å². The van der Waals surface area contributed by atoms with Gasteiger partial charge in [-0.15, -0.1) is 0 Å². The first-order chi connectivity index (χ1) is 10.8. The van der Waals surface area contributed by atoms with E-state index in [0.717, 1.165) is 0 Å². The average molecular weight is 339 g/mol. The highest BCUT2D eigenvalue weighted by Crippen LogP contribution is 2.31. The van der Waals surface area contributed by atoms with Gasteiger partial charge in [0.1, 0.15) is 6.04 Å². The number of likely N-dealkylation sites (tertiary alicyclic amines) is 1. The van der Waals surface area contributed by atoms with Crippen molar-refractivity contribution in [1.29, 1.82) is 0 Å². The number of amides is 2. The van der Waals surface area contributed by atoms with Crippen LogP contribution in [0.5, 0.6) is 0 Å². The maximum Gasteiger partial charge on any atom is 0.521 e. The number of halogens is 1. The number of hydrogen-bond acceptors (Lipinski definition) is 3. The standard InChI is InChI=1S/C17H20ClNO4/c1-11(10-15(20)13-5-7-14(18)8-6-13)16(21)19(17(22)23)9-3-4-12(19)2/h5-8,11-12H,3-4,9-10H2,1-2H3/p+1/t11?,12?,19-/m0/s1. The van der Waals surface area contributed by atoms with Gasteiger partial charge in [0.25, 0.3) is 0 Å². The summed E-state index contributed by atoms with van der Waals surface area (Å²) in [5.74, 6) is -1.21. The molecule has 1 aromatic carbocycles. The Morgan fingerprint density at radius 2 is 1.91 bits per heavy atom. The maximum atomic E-state index is 12.8. The lowest BCUT2D eigenvalue weighted by Crippen LogP contribution is -2.60. The molecule has 1 saturated heterocycles. The third kappa shape index (κ3) is 3.31. The second-order valence-electron chi connectivity index (χ2n) is 6.24. The minimum atomic E-state index is -1.12. The van der Waals surface area contributed by atoms with Gasteiger partial charge in [-0.25, -0.2) is 4.79 Å². The van der Waals surface area contributed by atoms with E-state index in [1.54, 1.807) is 38.1 Å². The first-order valence-electron chi connectivity index (χ1n) is 7.73. The summed E-state index contributed by atoms with van der Waals surface area (Å²) in [5.41, 5.74) is 0.477. The number of quaternary nitrogens is 1. The van der Waals surface area contributed by atoms with Gasteiger partial charge in [-0.2, -0.15) is 9.28 Å². The molecule has 5 nitrogen and oxygen atoms in total. The Kier molecular flexibility index (Phi) is 5.22. The van der Waals surface area contributed by atoms with Crippen LogP contribution < -0.4 is 0 Å². The fourth-order valence-electron chi connectivity index (χ4n) is 3.30. The van der Waals surface area contributed by atoms with Crippen LogP contribution in [0.3, 0.4) is 0 Å². The molecule has 23 heavy (non-hydrogen) atoms. The second kappa shape index (κ2) is 6.81. The molecule has 1 N–H and O–H groups in total. The quantitative estimate of drug-likeness (QED) is 0.670. The molecule has 0 saturated carbocycles. The van der Waals surface area contributed by atoms with Crippen LogP contribution >= 0.6 is 11.6 Å². The van der Waals surface area contributed by atoms with Crippen LogP contribution in [0.1, 0.15) is 43.5 Å². The molecule has 2 rings (SSSR count). The number of hydrogen-bond donors (Lipinski definition) is 1. The van der Waals surface area contributed by atoms with Gasteiger partial charge in [0.15, 0.2) is 5.78 Å². The number of ketones is 1. The van der Waals surface area contributed by atoms with Crippen molar-refractivity contribution >= 4 is 29.4 Å². The minimum absolute atomic E-state index is 0.000462. The Balaban J connectivity index is 2.14. The molecular formula is C17H21ClNO4+. The highest BCUT2D eigenvalue weighted by molar-refractivity contribution is 6.30. The molecule has 1 aliphatic rings. The predicted molar refractivity (Wildman–Crippen MR) is 86.4 cm³/mol. The van der Waals surface area contributed by atoms with E-state index >= 15 is 0 Å². The van der Waals surface area contributed by atoms with E-state index in [1.807, 2.05) is 0 Å². The average Bonchev–Trinajstić information content (AvgIpc) is 2.89. The van der Waals surface area contributed by atoms with Crippen molar-refractivity contribution in [1.82, 2.24) is 0 Å². The van der Waals surface area contributed by atoms with Crippen LogP contribution in [-0.4, -0.2) is 40.0 Å². The van der Waals surface area contributed by atoms with Gasteiger partial charge in [0, 0.05) is 29.8 Å². The molecule has 1 aliphatic heterocycles. The van der Waals surface area contributed by atoms with Gasteiger partial charge < -0.3 is 5.11 Å². The summed E-state index contributed by atoms with van der Waals surface area (Å²) in [5, 5.41) is 10.1. The predicted octanol–water partition coefficient (Wildman–Crippen LogP) is 3.75. The van der Waals surface area contributed by atoms with Crippen molar-refractivity contribution in [3.8, 4) is 0 Å². The Labute approximate surface area is 140 Å². The first-order valence-corrected chi connectivity index (χ1v) is 8.11. The lowest BCUT2D eigenvalue weighted by Gasteiger charge is -2.31. The lowest BCUT2D eigenvalue weighted by atomic mass is 9.97. The molecule has 124 valence electrons. The highest BCUT2D eigenvalue weighted by Gasteiger charge is 2.54. The normalized spacial score (nSPS) is 25.1. The van der Waals surface area contributed by atoms with E-state index in [0.29, 0.717) is 30.0 Å². The zero-order valence-corrected chi connectivity index (χ0v) is 14.0. The van der Waals surface area contributed by atoms with Crippen LogP contribution in [0.25, 0.3) is 0 Å². The van der Waals surface area contributed by atoms with E-state index in [2.05, 4.69) is 0 Å². The van der Waals surface area contributed by atoms with Crippen LogP contribution in [0, 0.1) is 5.92 Å². The Hall–Kier alpha value is -1.72. The number of benzene rings is 1.